The first kappa shape index (κ1) is 7.22. The molecule has 0 saturated carbocycles. The van der Waals surface area contributed by atoms with Crippen LogP contribution >= 0.6 is 11.8 Å². The molecule has 60 valence electrons. The van der Waals surface area contributed by atoms with Crippen LogP contribution in [-0.4, -0.2) is 28.8 Å². The molecule has 2 nitrogen and oxygen atoms in total. The standard InChI is InChI=1S/C8H12N2S/c1-10-5-4-9-7-3-2-6-11-8(7)10/h4-5,8H,2-3,6H2,1H3/t8-/m0/s1. The van der Waals surface area contributed by atoms with Gasteiger partial charge in [-0.15, -0.1) is 11.8 Å². The highest BCUT2D eigenvalue weighted by atomic mass is 32.2. The normalized spacial score (nSPS) is 29.7. The molecule has 0 amide bonds. The second-order valence-corrected chi connectivity index (χ2v) is 4.10. The topological polar surface area (TPSA) is 15.6 Å². The average Bonchev–Trinajstić information content (AvgIpc) is 2.06. The van der Waals surface area contributed by atoms with Crippen molar-refractivity contribution in [1.29, 1.82) is 0 Å². The summed E-state index contributed by atoms with van der Waals surface area (Å²) >= 11 is 2.00. The second kappa shape index (κ2) is 2.89. The van der Waals surface area contributed by atoms with Crippen molar-refractivity contribution in [2.24, 2.45) is 4.99 Å². The SMILES string of the molecule is CN1C=CN=C2CCCS[C@@H]21. The van der Waals surface area contributed by atoms with Crippen LogP contribution in [0.1, 0.15) is 12.8 Å². The molecule has 0 aromatic carbocycles. The summed E-state index contributed by atoms with van der Waals surface area (Å²) in [7, 11) is 2.12. The van der Waals surface area contributed by atoms with Gasteiger partial charge in [-0.25, -0.2) is 0 Å². The number of thioether (sulfide) groups is 1. The Morgan fingerprint density at radius 1 is 1.73 bits per heavy atom. The van der Waals surface area contributed by atoms with E-state index in [0.29, 0.717) is 5.37 Å². The summed E-state index contributed by atoms with van der Waals surface area (Å²) in [6, 6.07) is 0. The molecule has 1 atom stereocenters. The average molecular weight is 168 g/mol. The predicted molar refractivity (Wildman–Crippen MR) is 49.8 cm³/mol. The quantitative estimate of drug-likeness (QED) is 0.547. The van der Waals surface area contributed by atoms with Crippen molar-refractivity contribution in [1.82, 2.24) is 4.90 Å². The first-order valence-electron chi connectivity index (χ1n) is 3.95. The molecule has 2 aliphatic heterocycles. The van der Waals surface area contributed by atoms with Crippen molar-refractivity contribution in [3.05, 3.63) is 12.4 Å². The Labute approximate surface area is 71.4 Å². The van der Waals surface area contributed by atoms with E-state index in [2.05, 4.69) is 16.9 Å². The van der Waals surface area contributed by atoms with E-state index in [-0.39, 0.29) is 0 Å². The molecule has 2 heterocycles. The number of aliphatic imine (C=N–C) groups is 1. The Bertz CT molecular complexity index is 210. The summed E-state index contributed by atoms with van der Waals surface area (Å²) in [5, 5.41) is 0.536. The van der Waals surface area contributed by atoms with Crippen molar-refractivity contribution >= 4 is 17.5 Å². The van der Waals surface area contributed by atoms with Gasteiger partial charge in [0.15, 0.2) is 0 Å². The van der Waals surface area contributed by atoms with Gasteiger partial charge in [0.05, 0.1) is 5.71 Å². The third-order valence-corrected chi connectivity index (χ3v) is 3.49. The second-order valence-electron chi connectivity index (χ2n) is 2.91. The first-order valence-corrected chi connectivity index (χ1v) is 4.99. The van der Waals surface area contributed by atoms with E-state index in [0.717, 1.165) is 0 Å². The minimum absolute atomic E-state index is 0.536. The smallest absolute Gasteiger partial charge is 0.113 e. The van der Waals surface area contributed by atoms with E-state index < -0.39 is 0 Å². The fraction of sp³-hybridized carbons (Fsp3) is 0.625. The number of hydrogen-bond donors (Lipinski definition) is 0. The molecule has 11 heavy (non-hydrogen) atoms. The summed E-state index contributed by atoms with van der Waals surface area (Å²) in [6.45, 7) is 0. The van der Waals surface area contributed by atoms with Gasteiger partial charge in [0.1, 0.15) is 5.37 Å². The maximum absolute atomic E-state index is 4.38. The lowest BCUT2D eigenvalue weighted by Gasteiger charge is -2.32. The zero-order chi connectivity index (χ0) is 7.68. The molecule has 0 aromatic heterocycles. The van der Waals surface area contributed by atoms with Gasteiger partial charge in [-0.3, -0.25) is 4.99 Å². The molecular weight excluding hydrogens is 156 g/mol. The molecule has 0 radical (unpaired) electrons. The number of nitrogens with zero attached hydrogens (tertiary/aromatic N) is 2. The lowest BCUT2D eigenvalue weighted by molar-refractivity contribution is 0.479. The summed E-state index contributed by atoms with van der Waals surface area (Å²) in [5.41, 5.74) is 1.35. The van der Waals surface area contributed by atoms with Crippen LogP contribution in [0.3, 0.4) is 0 Å². The van der Waals surface area contributed by atoms with Crippen LogP contribution in [0.25, 0.3) is 0 Å². The first-order chi connectivity index (χ1) is 5.38. The van der Waals surface area contributed by atoms with Crippen LogP contribution in [0.4, 0.5) is 0 Å². The van der Waals surface area contributed by atoms with Crippen LogP contribution in [0.15, 0.2) is 17.4 Å². The Balaban J connectivity index is 2.18. The van der Waals surface area contributed by atoms with E-state index in [4.69, 9.17) is 0 Å². The highest BCUT2D eigenvalue weighted by Crippen LogP contribution is 2.27. The van der Waals surface area contributed by atoms with Gasteiger partial charge >= 0.3 is 0 Å². The van der Waals surface area contributed by atoms with Crippen molar-refractivity contribution < 1.29 is 0 Å². The van der Waals surface area contributed by atoms with E-state index >= 15 is 0 Å². The predicted octanol–water partition coefficient (Wildman–Crippen LogP) is 1.70. The van der Waals surface area contributed by atoms with Crippen LogP contribution in [0, 0.1) is 0 Å². The fourth-order valence-corrected chi connectivity index (χ4v) is 2.67. The van der Waals surface area contributed by atoms with Gasteiger partial charge in [-0.05, 0) is 18.6 Å². The summed E-state index contributed by atoms with van der Waals surface area (Å²) in [4.78, 5) is 6.62. The molecule has 0 N–H and O–H groups in total. The van der Waals surface area contributed by atoms with Gasteiger partial charge in [-0.1, -0.05) is 0 Å². The maximum Gasteiger partial charge on any atom is 0.113 e. The fourth-order valence-electron chi connectivity index (χ4n) is 1.46. The van der Waals surface area contributed by atoms with Crippen LogP contribution in [0.2, 0.25) is 0 Å². The molecule has 0 spiro atoms. The molecule has 0 aromatic rings. The Morgan fingerprint density at radius 3 is 3.45 bits per heavy atom. The van der Waals surface area contributed by atoms with Gasteiger partial charge in [0.2, 0.25) is 0 Å². The van der Waals surface area contributed by atoms with Crippen molar-refractivity contribution in [2.75, 3.05) is 12.8 Å². The van der Waals surface area contributed by atoms with Crippen LogP contribution in [0.5, 0.6) is 0 Å². The molecule has 1 fully saturated rings. The maximum atomic E-state index is 4.38. The van der Waals surface area contributed by atoms with Gasteiger partial charge in [-0.2, -0.15) is 0 Å². The van der Waals surface area contributed by atoms with Gasteiger partial charge in [0.25, 0.3) is 0 Å². The summed E-state index contributed by atoms with van der Waals surface area (Å²) in [5.74, 6) is 1.28. The minimum Gasteiger partial charge on any atom is -0.362 e. The van der Waals surface area contributed by atoms with E-state index in [1.54, 1.807) is 0 Å². The Morgan fingerprint density at radius 2 is 2.64 bits per heavy atom. The van der Waals surface area contributed by atoms with E-state index in [9.17, 15) is 0 Å². The Hall–Kier alpha value is -0.440. The third-order valence-electron chi connectivity index (χ3n) is 2.05. The van der Waals surface area contributed by atoms with Gasteiger partial charge in [0, 0.05) is 19.4 Å². The Kier molecular flexibility index (Phi) is 1.90. The zero-order valence-corrected chi connectivity index (χ0v) is 7.47. The van der Waals surface area contributed by atoms with Crippen molar-refractivity contribution in [2.45, 2.75) is 18.2 Å². The van der Waals surface area contributed by atoms with E-state index in [1.165, 1.54) is 24.3 Å². The number of hydrogen-bond acceptors (Lipinski definition) is 3. The lowest BCUT2D eigenvalue weighted by Crippen LogP contribution is -2.36. The molecule has 0 bridgehead atoms. The third kappa shape index (κ3) is 1.29. The van der Waals surface area contributed by atoms with E-state index in [1.807, 2.05) is 24.2 Å². The van der Waals surface area contributed by atoms with Gasteiger partial charge < -0.3 is 4.90 Å². The molecule has 1 saturated heterocycles. The monoisotopic (exact) mass is 168 g/mol. The van der Waals surface area contributed by atoms with Crippen molar-refractivity contribution in [3.8, 4) is 0 Å². The van der Waals surface area contributed by atoms with Crippen LogP contribution < -0.4 is 0 Å². The lowest BCUT2D eigenvalue weighted by atomic mass is 10.2. The molecule has 0 aliphatic carbocycles. The number of rotatable bonds is 0. The molecule has 0 unspecified atom stereocenters. The number of fused-ring (bicyclic) bond motifs is 1. The highest BCUT2D eigenvalue weighted by Gasteiger charge is 2.24. The molecule has 3 heteroatoms. The molecule has 2 aliphatic rings. The zero-order valence-electron chi connectivity index (χ0n) is 6.66. The molecular formula is C8H12N2S. The summed E-state index contributed by atoms with van der Waals surface area (Å²) < 4.78 is 0. The largest absolute Gasteiger partial charge is 0.362 e. The van der Waals surface area contributed by atoms with Crippen molar-refractivity contribution in [3.63, 3.8) is 0 Å². The minimum atomic E-state index is 0.536. The molecule has 2 rings (SSSR count). The van der Waals surface area contributed by atoms with Crippen LogP contribution in [-0.2, 0) is 0 Å². The summed E-state index contributed by atoms with van der Waals surface area (Å²) in [6.07, 6.45) is 6.43. The highest BCUT2D eigenvalue weighted by molar-refractivity contribution is 8.00.